The molecule has 1 aromatic carbocycles. The molecule has 0 aliphatic carbocycles. The highest BCUT2D eigenvalue weighted by molar-refractivity contribution is 7.47. The van der Waals surface area contributed by atoms with Crippen molar-refractivity contribution in [2.75, 3.05) is 46.2 Å². The Hall–Kier alpha value is -3.69. The van der Waals surface area contributed by atoms with E-state index in [2.05, 4.69) is 32.3 Å². The average Bonchev–Trinajstić information content (AvgIpc) is 2.84. The molecule has 0 heterocycles. The fraction of sp³-hybridized carbons (Fsp3) is 0.391. The first-order valence-electron chi connectivity index (χ1n) is 10.2. The number of ether oxygens (including phenoxy) is 4. The van der Waals surface area contributed by atoms with Crippen LogP contribution in [0.15, 0.2) is 12.1 Å². The van der Waals surface area contributed by atoms with Gasteiger partial charge in [-0.3, -0.25) is 18.6 Å². The van der Waals surface area contributed by atoms with E-state index in [1.807, 2.05) is 0 Å². The molecule has 12 nitrogen and oxygen atoms in total. The number of phosphoric ester groups is 1. The molecule has 194 valence electrons. The second-order valence-electron chi connectivity index (χ2n) is 6.59. The van der Waals surface area contributed by atoms with Crippen LogP contribution in [0.2, 0.25) is 0 Å². The van der Waals surface area contributed by atoms with Crippen LogP contribution in [-0.4, -0.2) is 74.2 Å². The van der Waals surface area contributed by atoms with Crippen molar-refractivity contribution in [1.82, 2.24) is 5.32 Å². The number of esters is 1. The molecule has 36 heavy (non-hydrogen) atoms. The van der Waals surface area contributed by atoms with Crippen molar-refractivity contribution in [1.29, 1.82) is 0 Å². The summed E-state index contributed by atoms with van der Waals surface area (Å²) in [6, 6.07) is 2.68. The molecule has 0 radical (unpaired) electrons. The SMILES string of the molecule is C#CCOc1cc(C(=O)NCCOP(=O)(O)OC[C@H](O)COC(C)=O)cc(OCC#C)c1OCC#C. The fourth-order valence-electron chi connectivity index (χ4n) is 2.32. The summed E-state index contributed by atoms with van der Waals surface area (Å²) in [5, 5.41) is 12.0. The number of hydrogen-bond donors (Lipinski definition) is 3. The van der Waals surface area contributed by atoms with E-state index in [9.17, 15) is 24.2 Å². The summed E-state index contributed by atoms with van der Waals surface area (Å²) in [6.07, 6.45) is 14.4. The van der Waals surface area contributed by atoms with Crippen molar-refractivity contribution in [3.8, 4) is 54.3 Å². The van der Waals surface area contributed by atoms with Gasteiger partial charge in [-0.2, -0.15) is 0 Å². The van der Waals surface area contributed by atoms with E-state index in [0.29, 0.717) is 0 Å². The minimum atomic E-state index is -4.55. The fourth-order valence-corrected chi connectivity index (χ4v) is 3.08. The number of nitrogens with one attached hydrogen (secondary N) is 1. The lowest BCUT2D eigenvalue weighted by atomic mass is 10.1. The summed E-state index contributed by atoms with van der Waals surface area (Å²) < 4.78 is 42.1. The van der Waals surface area contributed by atoms with Crippen LogP contribution in [0.1, 0.15) is 17.3 Å². The van der Waals surface area contributed by atoms with Gasteiger partial charge in [0.1, 0.15) is 32.5 Å². The third-order valence-corrected chi connectivity index (χ3v) is 4.74. The third kappa shape index (κ3) is 11.6. The Morgan fingerprint density at radius 3 is 2.08 bits per heavy atom. The molecule has 3 N–H and O–H groups in total. The van der Waals surface area contributed by atoms with Gasteiger partial charge < -0.3 is 34.3 Å². The number of aliphatic hydroxyl groups is 1. The molecular weight excluding hydrogens is 497 g/mol. The first kappa shape index (κ1) is 30.3. The van der Waals surface area contributed by atoms with Crippen LogP contribution in [-0.2, 0) is 23.1 Å². The lowest BCUT2D eigenvalue weighted by Gasteiger charge is -2.17. The Morgan fingerprint density at radius 1 is 1.00 bits per heavy atom. The Labute approximate surface area is 208 Å². The highest BCUT2D eigenvalue weighted by Gasteiger charge is 2.23. The molecule has 13 heteroatoms. The van der Waals surface area contributed by atoms with Crippen LogP contribution in [0.4, 0.5) is 0 Å². The minimum Gasteiger partial charge on any atom is -0.477 e. The molecule has 0 aromatic heterocycles. The number of aliphatic hydroxyl groups excluding tert-OH is 1. The Bertz CT molecular complexity index is 1030. The van der Waals surface area contributed by atoms with Gasteiger partial charge in [0.05, 0.1) is 13.2 Å². The zero-order valence-electron chi connectivity index (χ0n) is 19.4. The van der Waals surface area contributed by atoms with Crippen molar-refractivity contribution in [3.05, 3.63) is 17.7 Å². The van der Waals surface area contributed by atoms with Gasteiger partial charge in [-0.05, 0) is 12.1 Å². The predicted molar refractivity (Wildman–Crippen MR) is 126 cm³/mol. The van der Waals surface area contributed by atoms with E-state index in [-0.39, 0.29) is 49.2 Å². The second-order valence-corrected chi connectivity index (χ2v) is 8.04. The first-order chi connectivity index (χ1) is 17.1. The number of carbonyl (C=O) groups excluding carboxylic acids is 2. The van der Waals surface area contributed by atoms with Gasteiger partial charge in [0.2, 0.25) is 5.75 Å². The van der Waals surface area contributed by atoms with Gasteiger partial charge in [0, 0.05) is 19.0 Å². The molecule has 0 spiro atoms. The topological polar surface area (TPSA) is 159 Å². The molecule has 0 saturated carbocycles. The van der Waals surface area contributed by atoms with Crippen LogP contribution in [0.25, 0.3) is 0 Å². The van der Waals surface area contributed by atoms with Crippen molar-refractivity contribution in [2.24, 2.45) is 0 Å². The number of carbonyl (C=O) groups is 2. The van der Waals surface area contributed by atoms with E-state index in [4.69, 9.17) is 38.0 Å². The van der Waals surface area contributed by atoms with E-state index < -0.39 is 45.6 Å². The number of phosphoric acid groups is 1. The standard InChI is InChI=1S/C23H26NO11P/c1-5-9-30-20-13-18(14-21(31-10-6-2)22(20)32-11-7-3)23(27)24-8-12-34-36(28,29)35-16-19(26)15-33-17(4)25/h1-3,13-14,19,26H,8-12,15-16H2,4H3,(H,24,27)(H,28,29)/t19-/m1/s1. The van der Waals surface area contributed by atoms with Crippen LogP contribution in [0.5, 0.6) is 17.2 Å². The van der Waals surface area contributed by atoms with Crippen LogP contribution < -0.4 is 19.5 Å². The van der Waals surface area contributed by atoms with E-state index >= 15 is 0 Å². The maximum absolute atomic E-state index is 12.6. The normalized spacial score (nSPS) is 12.6. The predicted octanol–water partition coefficient (Wildman–Crippen LogP) is 0.510. The number of terminal acetylenes is 3. The smallest absolute Gasteiger partial charge is 0.472 e. The molecule has 0 bridgehead atoms. The van der Waals surface area contributed by atoms with E-state index in [0.717, 1.165) is 6.92 Å². The molecule has 0 aliphatic rings. The maximum atomic E-state index is 12.6. The highest BCUT2D eigenvalue weighted by Crippen LogP contribution is 2.43. The van der Waals surface area contributed by atoms with Gasteiger partial charge >= 0.3 is 13.8 Å². The molecule has 0 saturated heterocycles. The number of benzene rings is 1. The lowest BCUT2D eigenvalue weighted by Crippen LogP contribution is -2.27. The second kappa shape index (κ2) is 16.1. The van der Waals surface area contributed by atoms with Gasteiger partial charge in [-0.25, -0.2) is 4.57 Å². The van der Waals surface area contributed by atoms with Crippen molar-refractivity contribution >= 4 is 19.7 Å². The summed E-state index contributed by atoms with van der Waals surface area (Å²) in [6.45, 7) is -0.905. The number of hydrogen-bond acceptors (Lipinski definition) is 10. The molecule has 0 aliphatic heterocycles. The van der Waals surface area contributed by atoms with Crippen LogP contribution in [0, 0.1) is 37.0 Å². The maximum Gasteiger partial charge on any atom is 0.472 e. The highest BCUT2D eigenvalue weighted by atomic mass is 31.2. The summed E-state index contributed by atoms with van der Waals surface area (Å²) in [5.41, 5.74) is 0.0686. The van der Waals surface area contributed by atoms with Crippen molar-refractivity contribution in [3.63, 3.8) is 0 Å². The van der Waals surface area contributed by atoms with E-state index in [1.54, 1.807) is 0 Å². The zero-order valence-corrected chi connectivity index (χ0v) is 20.3. The lowest BCUT2D eigenvalue weighted by molar-refractivity contribution is -0.144. The minimum absolute atomic E-state index is 0.0686. The van der Waals surface area contributed by atoms with E-state index in [1.165, 1.54) is 12.1 Å². The number of rotatable bonds is 16. The Kier molecular flexibility index (Phi) is 13.5. The molecule has 1 aromatic rings. The monoisotopic (exact) mass is 523 g/mol. The Morgan fingerprint density at radius 2 is 1.56 bits per heavy atom. The molecule has 2 atom stereocenters. The largest absolute Gasteiger partial charge is 0.477 e. The van der Waals surface area contributed by atoms with Gasteiger partial charge in [0.15, 0.2) is 11.5 Å². The first-order valence-corrected chi connectivity index (χ1v) is 11.7. The van der Waals surface area contributed by atoms with Crippen molar-refractivity contribution in [2.45, 2.75) is 13.0 Å². The quantitative estimate of drug-likeness (QED) is 0.120. The summed E-state index contributed by atoms with van der Waals surface area (Å²) >= 11 is 0. The van der Waals surface area contributed by atoms with Gasteiger partial charge in [0.25, 0.3) is 5.91 Å². The summed E-state index contributed by atoms with van der Waals surface area (Å²) in [7, 11) is -4.55. The molecule has 1 rings (SSSR count). The average molecular weight is 523 g/mol. The van der Waals surface area contributed by atoms with Gasteiger partial charge in [-0.1, -0.05) is 17.8 Å². The zero-order chi connectivity index (χ0) is 27.0. The molecule has 1 amide bonds. The molecular formula is C23H26NO11P. The van der Waals surface area contributed by atoms with Crippen LogP contribution >= 0.6 is 7.82 Å². The van der Waals surface area contributed by atoms with Crippen molar-refractivity contribution < 1.29 is 52.1 Å². The van der Waals surface area contributed by atoms with Gasteiger partial charge in [-0.15, -0.1) is 19.3 Å². The Balaban J connectivity index is 2.77. The summed E-state index contributed by atoms with van der Waals surface area (Å²) in [5.74, 6) is 5.89. The summed E-state index contributed by atoms with van der Waals surface area (Å²) in [4.78, 5) is 33.0. The van der Waals surface area contributed by atoms with Crippen LogP contribution in [0.3, 0.4) is 0 Å². The third-order valence-electron chi connectivity index (χ3n) is 3.76. The molecule has 0 fully saturated rings. The number of amides is 1. The molecule has 1 unspecified atom stereocenters.